The van der Waals surface area contributed by atoms with E-state index in [0.717, 1.165) is 82.2 Å². The van der Waals surface area contributed by atoms with Crippen molar-refractivity contribution in [3.05, 3.63) is 176 Å². The summed E-state index contributed by atoms with van der Waals surface area (Å²) in [5.74, 6) is -16.1. The Morgan fingerprint density at radius 3 is 1.26 bits per heavy atom. The lowest BCUT2D eigenvalue weighted by atomic mass is 9.92. The van der Waals surface area contributed by atoms with Crippen LogP contribution in [0.15, 0.2) is 84.9 Å². The van der Waals surface area contributed by atoms with Crippen LogP contribution in [0.2, 0.25) is 0 Å². The summed E-state index contributed by atoms with van der Waals surface area (Å²) in [5.41, 5.74) is -1.03. The molecule has 400 valence electrons. The predicted molar refractivity (Wildman–Crippen MR) is 255 cm³/mol. The van der Waals surface area contributed by atoms with Crippen molar-refractivity contribution in [2.75, 3.05) is 13.2 Å². The Morgan fingerprint density at radius 2 is 0.892 bits per heavy atom. The zero-order chi connectivity index (χ0) is 53.7. The minimum Gasteiger partial charge on any atom is -0.507 e. The van der Waals surface area contributed by atoms with Crippen molar-refractivity contribution in [3.8, 4) is 33.8 Å². The summed E-state index contributed by atoms with van der Waals surface area (Å²) >= 11 is 2.00. The molecule has 6 aromatic rings. The van der Waals surface area contributed by atoms with Crippen LogP contribution in [0.5, 0.6) is 11.5 Å². The third-order valence-electron chi connectivity index (χ3n) is 12.8. The van der Waals surface area contributed by atoms with E-state index in [9.17, 15) is 61.5 Å². The number of hydrogen-bond acceptors (Lipinski definition) is 4. The summed E-state index contributed by atoms with van der Waals surface area (Å²) in [4.78, 5) is -3.75. The zero-order valence-electron chi connectivity index (χ0n) is 39.4. The highest BCUT2D eigenvalue weighted by Crippen LogP contribution is 2.42. The van der Waals surface area contributed by atoms with Crippen LogP contribution in [0.3, 0.4) is 0 Å². The van der Waals surface area contributed by atoms with E-state index in [-0.39, 0.29) is 42.4 Å². The van der Waals surface area contributed by atoms with Crippen LogP contribution < -0.4 is 4.74 Å². The Hall–Kier alpha value is -5.66. The molecule has 0 radical (unpaired) electrons. The van der Waals surface area contributed by atoms with Gasteiger partial charge in [0.25, 0.3) is 0 Å². The predicted octanol–water partition coefficient (Wildman–Crippen LogP) is 18.1. The maximum atomic E-state index is 14.7. The minimum atomic E-state index is -4.65. The van der Waals surface area contributed by atoms with Gasteiger partial charge in [-0.05, 0) is 125 Å². The second-order valence-corrected chi connectivity index (χ2v) is 18.6. The first-order valence-corrected chi connectivity index (χ1v) is 23.7. The molecule has 19 heteroatoms. The maximum Gasteiger partial charge on any atom is 0.432 e. The Kier molecular flexibility index (Phi) is 19.8. The average molecular weight is 1120 g/mol. The van der Waals surface area contributed by atoms with Crippen LogP contribution in [-0.4, -0.2) is 18.3 Å². The molecule has 2 aliphatic rings. The normalized spacial score (nSPS) is 17.8. The standard InChI is InChI=1S/C27H23F7O2.C20H19BrF4O.C7H5F3O.CH4/c1-3-15-4-9-22(35-13-15)17-7-5-16(6-8-17)18-10-19(28)24(20(29)11-18)27(33,34)36-23-12-21(30)26(32)25(31)14(23)2;1-2-12-3-8-18(26-11-12)14-6-4-13(5-7-14)15-9-16(22)19(17(23)10-15)20(21,24)25;1-3-5(11)2-4(8)7(10)6(3)9;/h5-8,10-12,15,22H,3-4,9,13H2,1-2H3;4-7,9-10,12,18H,2-3,8,11H2,1H3;2,11H,1H3;1H4. The fourth-order valence-electron chi connectivity index (χ4n) is 8.22. The fraction of sp³-hybridized carbons (Fsp3) is 0.345. The minimum absolute atomic E-state index is 0. The van der Waals surface area contributed by atoms with Crippen molar-refractivity contribution in [2.45, 2.75) is 96.8 Å². The zero-order valence-corrected chi connectivity index (χ0v) is 41.0. The lowest BCUT2D eigenvalue weighted by molar-refractivity contribution is -0.190. The third kappa shape index (κ3) is 13.8. The van der Waals surface area contributed by atoms with Crippen LogP contribution in [-0.2, 0) is 20.4 Å². The number of halogens is 15. The maximum absolute atomic E-state index is 14.7. The second kappa shape index (κ2) is 24.8. The molecule has 2 heterocycles. The highest BCUT2D eigenvalue weighted by atomic mass is 79.9. The van der Waals surface area contributed by atoms with Crippen molar-refractivity contribution in [3.63, 3.8) is 0 Å². The highest BCUT2D eigenvalue weighted by molar-refractivity contribution is 9.09. The van der Waals surface area contributed by atoms with Crippen LogP contribution in [0.25, 0.3) is 22.3 Å². The van der Waals surface area contributed by atoms with Crippen molar-refractivity contribution < 1.29 is 80.8 Å². The fourth-order valence-corrected chi connectivity index (χ4v) is 8.60. The lowest BCUT2D eigenvalue weighted by Crippen LogP contribution is -2.26. The number of ether oxygens (including phenoxy) is 3. The van der Waals surface area contributed by atoms with E-state index in [0.29, 0.717) is 47.8 Å². The number of phenols is 1. The molecule has 74 heavy (non-hydrogen) atoms. The summed E-state index contributed by atoms with van der Waals surface area (Å²) in [6, 6.07) is 17.9. The van der Waals surface area contributed by atoms with Gasteiger partial charge in [0.15, 0.2) is 34.9 Å². The summed E-state index contributed by atoms with van der Waals surface area (Å²) in [6.45, 7) is 7.68. The van der Waals surface area contributed by atoms with Gasteiger partial charge in [0.05, 0.1) is 25.4 Å². The summed E-state index contributed by atoms with van der Waals surface area (Å²) in [6.07, 6.45) is 1.38. The largest absolute Gasteiger partial charge is 0.507 e. The molecule has 0 spiro atoms. The molecule has 0 bridgehead atoms. The van der Waals surface area contributed by atoms with Gasteiger partial charge in [0.1, 0.15) is 45.9 Å². The van der Waals surface area contributed by atoms with Gasteiger partial charge in [-0.15, -0.1) is 0 Å². The molecule has 1 N–H and O–H groups in total. The number of alkyl halides is 5. The van der Waals surface area contributed by atoms with Gasteiger partial charge in [-0.2, -0.15) is 17.6 Å². The van der Waals surface area contributed by atoms with E-state index in [1.807, 2.05) is 28.1 Å². The monoisotopic (exact) mass is 1120 g/mol. The van der Waals surface area contributed by atoms with Crippen molar-refractivity contribution in [2.24, 2.45) is 11.8 Å². The number of hydrogen-bond donors (Lipinski definition) is 1. The van der Waals surface area contributed by atoms with E-state index in [1.165, 1.54) is 0 Å². The van der Waals surface area contributed by atoms with Gasteiger partial charge in [-0.1, -0.05) is 82.6 Å². The molecule has 0 aliphatic carbocycles. The van der Waals surface area contributed by atoms with Crippen LogP contribution in [0.1, 0.15) is 105 Å². The first-order chi connectivity index (χ1) is 34.3. The molecular formula is C55H51BrF14O4. The molecule has 4 unspecified atom stereocenters. The van der Waals surface area contributed by atoms with E-state index < -0.39 is 97.3 Å². The Labute approximate surface area is 427 Å². The number of rotatable bonds is 10. The van der Waals surface area contributed by atoms with E-state index in [1.54, 1.807) is 36.4 Å². The SMILES string of the molecule is C.CCC1CCC(c2ccc(-c3cc(F)c(C(F)(F)Br)c(F)c3)cc2)OC1.CCC1CCC(c2ccc(-c3cc(F)c(C(F)(F)Oc4cc(F)c(F)c(F)c4C)c(F)c3)cc2)OC1.Cc1c(O)cc(F)c(F)c1F. The van der Waals surface area contributed by atoms with Crippen LogP contribution in [0, 0.1) is 83.9 Å². The van der Waals surface area contributed by atoms with Gasteiger partial charge in [0.2, 0.25) is 0 Å². The molecule has 2 aliphatic heterocycles. The number of phenolic OH excluding ortho intramolecular Hbond substituents is 1. The molecule has 0 saturated carbocycles. The second-order valence-electron chi connectivity index (χ2n) is 17.6. The van der Waals surface area contributed by atoms with Crippen molar-refractivity contribution in [1.29, 1.82) is 0 Å². The molecule has 8 rings (SSSR count). The van der Waals surface area contributed by atoms with Gasteiger partial charge in [-0.3, -0.25) is 0 Å². The molecule has 0 amide bonds. The molecule has 6 aromatic carbocycles. The third-order valence-corrected chi connectivity index (χ3v) is 13.2. The van der Waals surface area contributed by atoms with Crippen molar-refractivity contribution >= 4 is 15.9 Å². The summed E-state index contributed by atoms with van der Waals surface area (Å²) in [7, 11) is 0. The van der Waals surface area contributed by atoms with Crippen LogP contribution >= 0.6 is 15.9 Å². The topological polar surface area (TPSA) is 47.9 Å². The Morgan fingerprint density at radius 1 is 0.514 bits per heavy atom. The quantitative estimate of drug-likeness (QED) is 0.0844. The first-order valence-electron chi connectivity index (χ1n) is 22.9. The van der Waals surface area contributed by atoms with Crippen LogP contribution in [0.4, 0.5) is 61.5 Å². The Bertz CT molecular complexity index is 2810. The van der Waals surface area contributed by atoms with E-state index in [4.69, 9.17) is 14.6 Å². The molecule has 4 nitrogen and oxygen atoms in total. The van der Waals surface area contributed by atoms with E-state index in [2.05, 4.69) is 18.6 Å². The molecular weight excluding hydrogens is 1070 g/mol. The summed E-state index contributed by atoms with van der Waals surface area (Å²) in [5, 5.41) is 8.76. The number of benzene rings is 6. The summed E-state index contributed by atoms with van der Waals surface area (Å²) < 4.78 is 207. The van der Waals surface area contributed by atoms with Gasteiger partial charge >= 0.3 is 10.9 Å². The molecule has 2 saturated heterocycles. The average Bonchev–Trinajstić information content (AvgIpc) is 3.35. The molecule has 4 atom stereocenters. The highest BCUT2D eigenvalue weighted by Gasteiger charge is 2.42. The van der Waals surface area contributed by atoms with Gasteiger partial charge in [0, 0.05) is 23.3 Å². The molecule has 2 fully saturated rings. The smallest absolute Gasteiger partial charge is 0.432 e. The van der Waals surface area contributed by atoms with Gasteiger partial charge < -0.3 is 19.3 Å². The first kappa shape index (κ1) is 59.2. The Balaban J connectivity index is 0.000000232. The van der Waals surface area contributed by atoms with E-state index >= 15 is 0 Å². The lowest BCUT2D eigenvalue weighted by Gasteiger charge is -2.28. The number of aromatic hydroxyl groups is 1. The van der Waals surface area contributed by atoms with Gasteiger partial charge in [-0.25, -0.2) is 43.9 Å². The van der Waals surface area contributed by atoms with Crippen molar-refractivity contribution in [1.82, 2.24) is 0 Å². The molecule has 0 aromatic heterocycles.